The molecule has 0 aromatic carbocycles. The van der Waals surface area contributed by atoms with Gasteiger partial charge in [0.15, 0.2) is 0 Å². The van der Waals surface area contributed by atoms with E-state index in [9.17, 15) is 4.79 Å². The van der Waals surface area contributed by atoms with Crippen molar-refractivity contribution in [1.82, 2.24) is 15.5 Å². The molecule has 1 amide bonds. The molecule has 2 atom stereocenters. The normalized spacial score (nSPS) is 34.5. The molecule has 2 heterocycles. The van der Waals surface area contributed by atoms with Gasteiger partial charge in [0.2, 0.25) is 5.91 Å². The standard InChI is InChI=1S/C10H19N3O/c1-8-6-11-4-5-13(8)7-9-2-3-10(14)12-9/h8-9,11H,2-7H2,1H3,(H,12,14)/t8-,9?/m1/s1. The van der Waals surface area contributed by atoms with Crippen LogP contribution in [0.15, 0.2) is 0 Å². The second-order valence-electron chi connectivity index (χ2n) is 4.35. The smallest absolute Gasteiger partial charge is 0.220 e. The summed E-state index contributed by atoms with van der Waals surface area (Å²) in [5, 5.41) is 6.39. The number of amides is 1. The molecule has 0 aromatic rings. The molecule has 2 aliphatic rings. The largest absolute Gasteiger partial charge is 0.352 e. The zero-order chi connectivity index (χ0) is 9.97. The Hall–Kier alpha value is -0.610. The predicted octanol–water partition coefficient (Wildman–Crippen LogP) is -0.441. The van der Waals surface area contributed by atoms with Gasteiger partial charge in [-0.2, -0.15) is 0 Å². The van der Waals surface area contributed by atoms with Crippen molar-refractivity contribution in [2.75, 3.05) is 26.2 Å². The topological polar surface area (TPSA) is 44.4 Å². The highest BCUT2D eigenvalue weighted by molar-refractivity contribution is 5.78. The summed E-state index contributed by atoms with van der Waals surface area (Å²) in [5.41, 5.74) is 0. The Bertz CT molecular complexity index is 219. The second kappa shape index (κ2) is 4.28. The van der Waals surface area contributed by atoms with Gasteiger partial charge in [-0.3, -0.25) is 9.69 Å². The van der Waals surface area contributed by atoms with Crippen molar-refractivity contribution in [3.05, 3.63) is 0 Å². The maximum atomic E-state index is 11.0. The summed E-state index contributed by atoms with van der Waals surface area (Å²) in [6.45, 7) is 6.51. The lowest BCUT2D eigenvalue weighted by molar-refractivity contribution is -0.119. The van der Waals surface area contributed by atoms with Gasteiger partial charge in [-0.15, -0.1) is 0 Å². The van der Waals surface area contributed by atoms with Crippen LogP contribution in [0.2, 0.25) is 0 Å². The second-order valence-corrected chi connectivity index (χ2v) is 4.35. The first-order chi connectivity index (χ1) is 6.75. The van der Waals surface area contributed by atoms with Crippen LogP contribution in [0.5, 0.6) is 0 Å². The number of hydrogen-bond acceptors (Lipinski definition) is 3. The van der Waals surface area contributed by atoms with E-state index in [-0.39, 0.29) is 5.91 Å². The van der Waals surface area contributed by atoms with Crippen LogP contribution in [0, 0.1) is 0 Å². The van der Waals surface area contributed by atoms with Crippen LogP contribution in [-0.4, -0.2) is 49.1 Å². The maximum Gasteiger partial charge on any atom is 0.220 e. The van der Waals surface area contributed by atoms with Gasteiger partial charge in [0, 0.05) is 44.7 Å². The third-order valence-electron chi connectivity index (χ3n) is 3.18. The Balaban J connectivity index is 1.81. The molecule has 2 N–H and O–H groups in total. The number of hydrogen-bond donors (Lipinski definition) is 2. The molecule has 0 spiro atoms. The van der Waals surface area contributed by atoms with Gasteiger partial charge < -0.3 is 10.6 Å². The first kappa shape index (κ1) is 9.93. The summed E-state index contributed by atoms with van der Waals surface area (Å²) in [4.78, 5) is 13.5. The molecule has 2 saturated heterocycles. The average molecular weight is 197 g/mol. The van der Waals surface area contributed by atoms with E-state index in [0.717, 1.165) is 32.6 Å². The molecule has 4 nitrogen and oxygen atoms in total. The van der Waals surface area contributed by atoms with Crippen molar-refractivity contribution < 1.29 is 4.79 Å². The van der Waals surface area contributed by atoms with E-state index in [0.29, 0.717) is 18.5 Å². The average Bonchev–Trinajstić information content (AvgIpc) is 2.56. The van der Waals surface area contributed by atoms with E-state index in [1.807, 2.05) is 0 Å². The van der Waals surface area contributed by atoms with Crippen molar-refractivity contribution in [2.45, 2.75) is 31.8 Å². The lowest BCUT2D eigenvalue weighted by atomic mass is 10.1. The first-order valence-corrected chi connectivity index (χ1v) is 5.50. The van der Waals surface area contributed by atoms with Crippen LogP contribution in [0.1, 0.15) is 19.8 Å². The lowest BCUT2D eigenvalue weighted by Crippen LogP contribution is -2.53. The highest BCUT2D eigenvalue weighted by Gasteiger charge is 2.26. The van der Waals surface area contributed by atoms with E-state index >= 15 is 0 Å². The molecule has 2 rings (SSSR count). The van der Waals surface area contributed by atoms with Crippen LogP contribution in [-0.2, 0) is 4.79 Å². The van der Waals surface area contributed by atoms with E-state index in [1.54, 1.807) is 0 Å². The predicted molar refractivity (Wildman–Crippen MR) is 55.1 cm³/mol. The molecule has 0 radical (unpaired) electrons. The monoisotopic (exact) mass is 197 g/mol. The summed E-state index contributed by atoms with van der Waals surface area (Å²) in [6.07, 6.45) is 1.72. The third-order valence-corrected chi connectivity index (χ3v) is 3.18. The van der Waals surface area contributed by atoms with Crippen LogP contribution in [0.4, 0.5) is 0 Å². The molecular weight excluding hydrogens is 178 g/mol. The van der Waals surface area contributed by atoms with Crippen LogP contribution in [0.25, 0.3) is 0 Å². The minimum Gasteiger partial charge on any atom is -0.352 e. The quantitative estimate of drug-likeness (QED) is 0.631. The van der Waals surface area contributed by atoms with Gasteiger partial charge in [-0.05, 0) is 13.3 Å². The van der Waals surface area contributed by atoms with Gasteiger partial charge in [0.1, 0.15) is 0 Å². The fourth-order valence-electron chi connectivity index (χ4n) is 2.25. The maximum absolute atomic E-state index is 11.0. The Morgan fingerprint density at radius 1 is 1.57 bits per heavy atom. The molecule has 0 saturated carbocycles. The zero-order valence-electron chi connectivity index (χ0n) is 8.75. The Kier molecular flexibility index (Phi) is 3.03. The number of nitrogens with one attached hydrogen (secondary N) is 2. The lowest BCUT2D eigenvalue weighted by Gasteiger charge is -2.35. The minimum atomic E-state index is 0.220. The number of carbonyl (C=O) groups is 1. The number of rotatable bonds is 2. The van der Waals surface area contributed by atoms with Crippen molar-refractivity contribution >= 4 is 5.91 Å². The zero-order valence-corrected chi connectivity index (χ0v) is 8.75. The molecule has 4 heteroatoms. The molecule has 0 aliphatic carbocycles. The fourth-order valence-corrected chi connectivity index (χ4v) is 2.25. The molecule has 2 fully saturated rings. The number of nitrogens with zero attached hydrogens (tertiary/aromatic N) is 1. The summed E-state index contributed by atoms with van der Waals surface area (Å²) in [6, 6.07) is 0.990. The molecular formula is C10H19N3O. The molecule has 0 aromatic heterocycles. The summed E-state index contributed by atoms with van der Waals surface area (Å²) < 4.78 is 0. The van der Waals surface area contributed by atoms with Gasteiger partial charge in [0.25, 0.3) is 0 Å². The highest BCUT2D eigenvalue weighted by atomic mass is 16.1. The van der Waals surface area contributed by atoms with E-state index in [1.165, 1.54) is 0 Å². The number of carbonyl (C=O) groups excluding carboxylic acids is 1. The van der Waals surface area contributed by atoms with Gasteiger partial charge in [-0.1, -0.05) is 0 Å². The van der Waals surface area contributed by atoms with Crippen molar-refractivity contribution in [3.8, 4) is 0 Å². The van der Waals surface area contributed by atoms with Crippen LogP contribution < -0.4 is 10.6 Å². The highest BCUT2D eigenvalue weighted by Crippen LogP contribution is 2.11. The minimum absolute atomic E-state index is 0.220. The van der Waals surface area contributed by atoms with Crippen LogP contribution >= 0.6 is 0 Å². The van der Waals surface area contributed by atoms with Crippen molar-refractivity contribution in [3.63, 3.8) is 0 Å². The van der Waals surface area contributed by atoms with Crippen molar-refractivity contribution in [1.29, 1.82) is 0 Å². The van der Waals surface area contributed by atoms with Gasteiger partial charge in [0.05, 0.1) is 0 Å². The summed E-state index contributed by atoms with van der Waals surface area (Å²) in [5.74, 6) is 0.220. The third kappa shape index (κ3) is 2.25. The fraction of sp³-hybridized carbons (Fsp3) is 0.900. The summed E-state index contributed by atoms with van der Waals surface area (Å²) >= 11 is 0. The van der Waals surface area contributed by atoms with E-state index in [4.69, 9.17) is 0 Å². The molecule has 80 valence electrons. The molecule has 1 unspecified atom stereocenters. The van der Waals surface area contributed by atoms with E-state index in [2.05, 4.69) is 22.5 Å². The van der Waals surface area contributed by atoms with Crippen molar-refractivity contribution in [2.24, 2.45) is 0 Å². The molecule has 2 aliphatic heterocycles. The molecule has 14 heavy (non-hydrogen) atoms. The number of piperazine rings is 1. The van der Waals surface area contributed by atoms with Crippen LogP contribution in [0.3, 0.4) is 0 Å². The first-order valence-electron chi connectivity index (χ1n) is 5.50. The molecule has 0 bridgehead atoms. The summed E-state index contributed by atoms with van der Waals surface area (Å²) in [7, 11) is 0. The van der Waals surface area contributed by atoms with E-state index < -0.39 is 0 Å². The Morgan fingerprint density at radius 2 is 2.43 bits per heavy atom. The Labute approximate surface area is 85.0 Å². The Morgan fingerprint density at radius 3 is 3.07 bits per heavy atom. The van der Waals surface area contributed by atoms with Gasteiger partial charge in [-0.25, -0.2) is 0 Å². The van der Waals surface area contributed by atoms with Gasteiger partial charge >= 0.3 is 0 Å². The SMILES string of the molecule is C[C@@H]1CNCCN1CC1CCC(=O)N1.